The van der Waals surface area contributed by atoms with Gasteiger partial charge in [-0.05, 0) is 38.4 Å². The zero-order valence-corrected chi connectivity index (χ0v) is 14.7. The number of rotatable bonds is 1. The predicted molar refractivity (Wildman–Crippen MR) is 95.1 cm³/mol. The van der Waals surface area contributed by atoms with Crippen molar-refractivity contribution in [2.75, 3.05) is 43.5 Å². The number of likely N-dealkylation sites (N-methyl/N-ethyl adjacent to an activating group) is 1. The smallest absolute Gasteiger partial charge is 0.322 e. The first kappa shape index (κ1) is 16.2. The van der Waals surface area contributed by atoms with Crippen molar-refractivity contribution in [2.24, 2.45) is 0 Å². The average Bonchev–Trinajstić information content (AvgIpc) is 3.04. The maximum absolute atomic E-state index is 12.7. The zero-order valence-electron chi connectivity index (χ0n) is 14.7. The maximum atomic E-state index is 12.7. The number of amides is 3. The molecule has 2 atom stereocenters. The Morgan fingerprint density at radius 2 is 2.16 bits per heavy atom. The highest BCUT2D eigenvalue weighted by Crippen LogP contribution is 2.34. The number of carbonyl (C=O) groups is 2. The molecule has 0 unspecified atom stereocenters. The number of hydrogen-bond acceptors (Lipinski definition) is 4. The van der Waals surface area contributed by atoms with E-state index in [2.05, 4.69) is 17.1 Å². The molecular formula is C18H24N4O3. The van der Waals surface area contributed by atoms with Gasteiger partial charge in [0.1, 0.15) is 5.75 Å². The Bertz CT molecular complexity index is 708. The molecule has 2 fully saturated rings. The van der Waals surface area contributed by atoms with Gasteiger partial charge in [0.15, 0.2) is 6.61 Å². The fourth-order valence-electron chi connectivity index (χ4n) is 4.02. The van der Waals surface area contributed by atoms with Gasteiger partial charge in [0.05, 0.1) is 5.69 Å². The van der Waals surface area contributed by atoms with Crippen LogP contribution < -0.4 is 15.0 Å². The standard InChI is InChI=1S/C18H24N4O3/c1-12-9-21-7-3-4-14(21)10-22(12)18(24)19-13-5-6-15-16(8-13)25-11-17(23)20(15)2/h5-6,8,12,14H,3-4,7,9-11H2,1-2H3,(H,19,24)/t12-,14-/m1/s1. The summed E-state index contributed by atoms with van der Waals surface area (Å²) in [4.78, 5) is 30.4. The van der Waals surface area contributed by atoms with Crippen LogP contribution in [0.4, 0.5) is 16.2 Å². The minimum Gasteiger partial charge on any atom is -0.481 e. The molecule has 1 aromatic rings. The Kier molecular flexibility index (Phi) is 4.03. The lowest BCUT2D eigenvalue weighted by Gasteiger charge is -2.42. The molecule has 2 saturated heterocycles. The summed E-state index contributed by atoms with van der Waals surface area (Å²) in [6.45, 7) is 5.01. The lowest BCUT2D eigenvalue weighted by atomic mass is 10.1. The van der Waals surface area contributed by atoms with E-state index in [1.807, 2.05) is 11.0 Å². The molecule has 134 valence electrons. The first-order chi connectivity index (χ1) is 12.0. The van der Waals surface area contributed by atoms with Crippen LogP contribution in [0.1, 0.15) is 19.8 Å². The lowest BCUT2D eigenvalue weighted by molar-refractivity contribution is -0.120. The molecule has 1 aromatic carbocycles. The van der Waals surface area contributed by atoms with Gasteiger partial charge in [-0.3, -0.25) is 9.69 Å². The number of piperazine rings is 1. The molecule has 0 aliphatic carbocycles. The molecular weight excluding hydrogens is 320 g/mol. The van der Waals surface area contributed by atoms with E-state index >= 15 is 0 Å². The molecule has 0 bridgehead atoms. The van der Waals surface area contributed by atoms with Gasteiger partial charge >= 0.3 is 6.03 Å². The summed E-state index contributed by atoms with van der Waals surface area (Å²) >= 11 is 0. The van der Waals surface area contributed by atoms with Gasteiger partial charge in [-0.15, -0.1) is 0 Å². The van der Waals surface area contributed by atoms with Gasteiger partial charge in [-0.25, -0.2) is 4.79 Å². The molecule has 1 N–H and O–H groups in total. The molecule has 25 heavy (non-hydrogen) atoms. The molecule has 3 amide bonds. The summed E-state index contributed by atoms with van der Waals surface area (Å²) in [5.41, 5.74) is 1.41. The van der Waals surface area contributed by atoms with Crippen LogP contribution in [-0.4, -0.2) is 67.1 Å². The number of anilines is 2. The van der Waals surface area contributed by atoms with Crippen LogP contribution in [0.3, 0.4) is 0 Å². The molecule has 0 saturated carbocycles. The fourth-order valence-corrected chi connectivity index (χ4v) is 4.02. The normalized spacial score (nSPS) is 26.1. The average molecular weight is 344 g/mol. The van der Waals surface area contributed by atoms with E-state index in [1.54, 1.807) is 24.1 Å². The molecule has 0 aromatic heterocycles. The van der Waals surface area contributed by atoms with Crippen LogP contribution in [0.5, 0.6) is 5.75 Å². The van der Waals surface area contributed by atoms with Crippen molar-refractivity contribution in [3.8, 4) is 5.75 Å². The number of nitrogens with zero attached hydrogens (tertiary/aromatic N) is 3. The van der Waals surface area contributed by atoms with Gasteiger partial charge in [0.25, 0.3) is 5.91 Å². The van der Waals surface area contributed by atoms with Crippen molar-refractivity contribution in [1.29, 1.82) is 0 Å². The van der Waals surface area contributed by atoms with Gasteiger partial charge in [0.2, 0.25) is 0 Å². The number of fused-ring (bicyclic) bond motifs is 2. The highest BCUT2D eigenvalue weighted by molar-refractivity contribution is 5.98. The van der Waals surface area contributed by atoms with E-state index in [-0.39, 0.29) is 24.6 Å². The van der Waals surface area contributed by atoms with Gasteiger partial charge in [-0.1, -0.05) is 0 Å². The summed E-state index contributed by atoms with van der Waals surface area (Å²) < 4.78 is 5.49. The molecule has 7 nitrogen and oxygen atoms in total. The third-order valence-electron chi connectivity index (χ3n) is 5.50. The first-order valence-electron chi connectivity index (χ1n) is 8.88. The van der Waals surface area contributed by atoms with Crippen molar-refractivity contribution >= 4 is 23.3 Å². The Morgan fingerprint density at radius 1 is 1.32 bits per heavy atom. The Hall–Kier alpha value is -2.28. The van der Waals surface area contributed by atoms with Crippen LogP contribution in [0.15, 0.2) is 18.2 Å². The molecule has 3 aliphatic heterocycles. The number of carbonyl (C=O) groups excluding carboxylic acids is 2. The quantitative estimate of drug-likeness (QED) is 0.843. The maximum Gasteiger partial charge on any atom is 0.322 e. The first-order valence-corrected chi connectivity index (χ1v) is 8.88. The van der Waals surface area contributed by atoms with Crippen LogP contribution in [0.2, 0.25) is 0 Å². The number of nitrogens with one attached hydrogen (secondary N) is 1. The largest absolute Gasteiger partial charge is 0.481 e. The minimum absolute atomic E-state index is 0.0293. The van der Waals surface area contributed by atoms with Gasteiger partial charge in [0, 0.05) is 44.0 Å². The Morgan fingerprint density at radius 3 is 3.00 bits per heavy atom. The second-order valence-electron chi connectivity index (χ2n) is 7.15. The van der Waals surface area contributed by atoms with Crippen molar-refractivity contribution < 1.29 is 14.3 Å². The topological polar surface area (TPSA) is 65.1 Å². The van der Waals surface area contributed by atoms with Gasteiger partial charge < -0.3 is 19.9 Å². The number of hydrogen-bond donors (Lipinski definition) is 1. The molecule has 7 heteroatoms. The second-order valence-corrected chi connectivity index (χ2v) is 7.15. The fraction of sp³-hybridized carbons (Fsp3) is 0.556. The summed E-state index contributed by atoms with van der Waals surface area (Å²) in [5, 5.41) is 2.98. The third-order valence-corrected chi connectivity index (χ3v) is 5.50. The molecule has 3 heterocycles. The second kappa shape index (κ2) is 6.22. The van der Waals surface area contributed by atoms with Crippen molar-refractivity contribution in [2.45, 2.75) is 31.8 Å². The summed E-state index contributed by atoms with van der Waals surface area (Å²) in [5.74, 6) is 0.543. The third kappa shape index (κ3) is 2.93. The van der Waals surface area contributed by atoms with Crippen molar-refractivity contribution in [3.63, 3.8) is 0 Å². The highest BCUT2D eigenvalue weighted by atomic mass is 16.5. The SMILES string of the molecule is C[C@@H]1CN2CCC[C@@H]2CN1C(=O)Nc1ccc2c(c1)OCC(=O)N2C. The summed E-state index contributed by atoms with van der Waals surface area (Å²) in [6, 6.07) is 6.03. The van der Waals surface area contributed by atoms with Gasteiger partial charge in [-0.2, -0.15) is 0 Å². The predicted octanol–water partition coefficient (Wildman–Crippen LogP) is 1.74. The Labute approximate surface area is 147 Å². The molecule has 0 radical (unpaired) electrons. The van der Waals surface area contributed by atoms with E-state index in [0.29, 0.717) is 17.5 Å². The Balaban J connectivity index is 1.47. The number of ether oxygens (including phenoxy) is 1. The van der Waals surface area contributed by atoms with E-state index < -0.39 is 0 Å². The van der Waals surface area contributed by atoms with Crippen LogP contribution >= 0.6 is 0 Å². The van der Waals surface area contributed by atoms with E-state index in [4.69, 9.17) is 4.74 Å². The van der Waals surface area contributed by atoms with Crippen LogP contribution in [-0.2, 0) is 4.79 Å². The van der Waals surface area contributed by atoms with Crippen LogP contribution in [0, 0.1) is 0 Å². The van der Waals surface area contributed by atoms with E-state index in [9.17, 15) is 9.59 Å². The molecule has 0 spiro atoms. The highest BCUT2D eigenvalue weighted by Gasteiger charge is 2.36. The van der Waals surface area contributed by atoms with Crippen molar-refractivity contribution in [1.82, 2.24) is 9.80 Å². The van der Waals surface area contributed by atoms with Crippen molar-refractivity contribution in [3.05, 3.63) is 18.2 Å². The van der Waals surface area contributed by atoms with E-state index in [1.165, 1.54) is 12.8 Å². The number of benzene rings is 1. The minimum atomic E-state index is -0.0763. The van der Waals surface area contributed by atoms with Crippen LogP contribution in [0.25, 0.3) is 0 Å². The summed E-state index contributed by atoms with van der Waals surface area (Å²) in [7, 11) is 1.73. The number of urea groups is 1. The monoisotopic (exact) mass is 344 g/mol. The van der Waals surface area contributed by atoms with E-state index in [0.717, 1.165) is 25.3 Å². The molecule has 4 rings (SSSR count). The molecule has 3 aliphatic rings. The summed E-state index contributed by atoms with van der Waals surface area (Å²) in [6.07, 6.45) is 2.39. The zero-order chi connectivity index (χ0) is 17.6. The lowest BCUT2D eigenvalue weighted by Crippen LogP contribution is -2.57.